The van der Waals surface area contributed by atoms with Gasteiger partial charge >= 0.3 is 0 Å². The van der Waals surface area contributed by atoms with E-state index in [0.717, 1.165) is 27.7 Å². The van der Waals surface area contributed by atoms with E-state index in [4.69, 9.17) is 4.74 Å². The summed E-state index contributed by atoms with van der Waals surface area (Å²) in [4.78, 5) is 1.39. The topological polar surface area (TPSA) is 21.3 Å². The molecule has 0 radical (unpaired) electrons. The summed E-state index contributed by atoms with van der Waals surface area (Å²) in [5, 5.41) is 5.75. The summed E-state index contributed by atoms with van der Waals surface area (Å²) in [7, 11) is 0. The maximum atomic E-state index is 5.62. The molecule has 0 aliphatic rings. The van der Waals surface area contributed by atoms with E-state index in [-0.39, 0.29) is 0 Å². The van der Waals surface area contributed by atoms with Crippen molar-refractivity contribution >= 4 is 43.2 Å². The number of rotatable bonds is 7. The summed E-state index contributed by atoms with van der Waals surface area (Å²) >= 11 is 8.97. The molecule has 0 saturated heterocycles. The van der Waals surface area contributed by atoms with Gasteiger partial charge < -0.3 is 10.1 Å². The molecule has 0 fully saturated rings. The molecule has 0 spiro atoms. The predicted molar refractivity (Wildman–Crippen MR) is 97.2 cm³/mol. The van der Waals surface area contributed by atoms with Crippen molar-refractivity contribution in [3.8, 4) is 5.75 Å². The van der Waals surface area contributed by atoms with Crippen LogP contribution in [-0.2, 0) is 6.54 Å². The van der Waals surface area contributed by atoms with Crippen LogP contribution in [0.4, 0.5) is 0 Å². The predicted octanol–water partition coefficient (Wildman–Crippen LogP) is 5.91. The first-order valence-corrected chi connectivity index (χ1v) is 9.49. The van der Waals surface area contributed by atoms with Gasteiger partial charge in [-0.1, -0.05) is 13.0 Å². The van der Waals surface area contributed by atoms with Crippen LogP contribution in [0.25, 0.3) is 0 Å². The lowest BCUT2D eigenvalue weighted by Gasteiger charge is -2.17. The lowest BCUT2D eigenvalue weighted by molar-refractivity contribution is 0.336. The SMILES string of the molecule is CCOc1c(Br)cc(CNC(CC)c2cccs2)cc1Br. The number of hydrogen-bond donors (Lipinski definition) is 1. The summed E-state index contributed by atoms with van der Waals surface area (Å²) in [6.45, 7) is 5.69. The van der Waals surface area contributed by atoms with Gasteiger partial charge in [-0.15, -0.1) is 11.3 Å². The van der Waals surface area contributed by atoms with Crippen molar-refractivity contribution in [3.05, 3.63) is 49.0 Å². The lowest BCUT2D eigenvalue weighted by Crippen LogP contribution is -2.19. The molecule has 0 bridgehead atoms. The van der Waals surface area contributed by atoms with Crippen LogP contribution in [0.1, 0.15) is 36.8 Å². The first-order chi connectivity index (χ1) is 10.2. The fourth-order valence-electron chi connectivity index (χ4n) is 2.17. The maximum absolute atomic E-state index is 5.62. The number of benzene rings is 1. The molecule has 1 heterocycles. The highest BCUT2D eigenvalue weighted by atomic mass is 79.9. The monoisotopic (exact) mass is 431 g/mol. The van der Waals surface area contributed by atoms with E-state index in [9.17, 15) is 0 Å². The van der Waals surface area contributed by atoms with Crippen LogP contribution in [0.5, 0.6) is 5.75 Å². The van der Waals surface area contributed by atoms with E-state index < -0.39 is 0 Å². The van der Waals surface area contributed by atoms with Gasteiger partial charge in [0, 0.05) is 17.5 Å². The average molecular weight is 433 g/mol. The van der Waals surface area contributed by atoms with Gasteiger partial charge in [-0.2, -0.15) is 0 Å². The summed E-state index contributed by atoms with van der Waals surface area (Å²) in [5.41, 5.74) is 1.23. The van der Waals surface area contributed by atoms with Crippen molar-refractivity contribution in [1.82, 2.24) is 5.32 Å². The second kappa shape index (κ2) is 8.32. The molecular formula is C16H19Br2NOS. The zero-order valence-electron chi connectivity index (χ0n) is 12.2. The van der Waals surface area contributed by atoms with Gasteiger partial charge in [-0.25, -0.2) is 0 Å². The Hall–Kier alpha value is -0.360. The Balaban J connectivity index is 2.06. The third-order valence-electron chi connectivity index (χ3n) is 3.19. The Labute approximate surface area is 147 Å². The molecule has 2 aromatic rings. The summed E-state index contributed by atoms with van der Waals surface area (Å²) in [5.74, 6) is 0.867. The van der Waals surface area contributed by atoms with E-state index in [2.05, 4.69) is 73.7 Å². The van der Waals surface area contributed by atoms with Crippen molar-refractivity contribution < 1.29 is 4.74 Å². The zero-order chi connectivity index (χ0) is 15.2. The Bertz CT molecular complexity index is 549. The first-order valence-electron chi connectivity index (χ1n) is 7.03. The quantitative estimate of drug-likeness (QED) is 0.586. The van der Waals surface area contributed by atoms with Crippen molar-refractivity contribution in [2.45, 2.75) is 32.9 Å². The fraction of sp³-hybridized carbons (Fsp3) is 0.375. The molecule has 1 atom stereocenters. The average Bonchev–Trinajstić information content (AvgIpc) is 2.98. The Kier molecular flexibility index (Phi) is 6.74. The number of halogens is 2. The van der Waals surface area contributed by atoms with E-state index in [1.165, 1.54) is 10.4 Å². The number of ether oxygens (including phenoxy) is 1. The normalized spacial score (nSPS) is 12.4. The van der Waals surface area contributed by atoms with E-state index in [1.54, 1.807) is 11.3 Å². The molecule has 114 valence electrons. The molecule has 1 aromatic carbocycles. The Morgan fingerprint density at radius 3 is 2.48 bits per heavy atom. The molecule has 1 N–H and O–H groups in total. The van der Waals surface area contributed by atoms with Gasteiger partial charge in [0.2, 0.25) is 0 Å². The molecule has 2 nitrogen and oxygen atoms in total. The lowest BCUT2D eigenvalue weighted by atomic mass is 10.1. The number of nitrogens with one attached hydrogen (secondary N) is 1. The van der Waals surface area contributed by atoms with Crippen LogP contribution >= 0.6 is 43.2 Å². The maximum Gasteiger partial charge on any atom is 0.147 e. The molecule has 0 saturated carbocycles. The highest BCUT2D eigenvalue weighted by Crippen LogP contribution is 2.35. The minimum absolute atomic E-state index is 0.411. The van der Waals surface area contributed by atoms with E-state index in [0.29, 0.717) is 12.6 Å². The second-order valence-corrected chi connectivity index (χ2v) is 7.37. The van der Waals surface area contributed by atoms with Crippen molar-refractivity contribution in [1.29, 1.82) is 0 Å². The van der Waals surface area contributed by atoms with Crippen LogP contribution in [0.2, 0.25) is 0 Å². The largest absolute Gasteiger partial charge is 0.492 e. The van der Waals surface area contributed by atoms with Gasteiger partial charge in [0.05, 0.1) is 15.6 Å². The molecule has 0 amide bonds. The van der Waals surface area contributed by atoms with Crippen LogP contribution in [0.3, 0.4) is 0 Å². The number of hydrogen-bond acceptors (Lipinski definition) is 3. The van der Waals surface area contributed by atoms with E-state index >= 15 is 0 Å². The Morgan fingerprint density at radius 2 is 1.95 bits per heavy atom. The fourth-order valence-corrected chi connectivity index (χ4v) is 4.57. The molecule has 1 unspecified atom stereocenters. The minimum Gasteiger partial charge on any atom is -0.492 e. The van der Waals surface area contributed by atoms with Crippen molar-refractivity contribution in [2.24, 2.45) is 0 Å². The van der Waals surface area contributed by atoms with Crippen LogP contribution in [-0.4, -0.2) is 6.61 Å². The highest BCUT2D eigenvalue weighted by Gasteiger charge is 2.12. The third-order valence-corrected chi connectivity index (χ3v) is 5.36. The second-order valence-electron chi connectivity index (χ2n) is 4.68. The van der Waals surface area contributed by atoms with Gasteiger partial charge in [-0.3, -0.25) is 0 Å². The molecule has 0 aliphatic heterocycles. The molecule has 5 heteroatoms. The van der Waals surface area contributed by atoms with Gasteiger partial charge in [-0.05, 0) is 74.3 Å². The number of thiophene rings is 1. The molecule has 0 aliphatic carbocycles. The van der Waals surface area contributed by atoms with Gasteiger partial charge in [0.25, 0.3) is 0 Å². The molecule has 21 heavy (non-hydrogen) atoms. The van der Waals surface area contributed by atoms with Crippen molar-refractivity contribution in [2.75, 3.05) is 6.61 Å². The van der Waals surface area contributed by atoms with Crippen LogP contribution in [0, 0.1) is 0 Å². The Morgan fingerprint density at radius 1 is 1.24 bits per heavy atom. The molecule has 2 rings (SSSR count). The van der Waals surface area contributed by atoms with Crippen LogP contribution < -0.4 is 10.1 Å². The van der Waals surface area contributed by atoms with Gasteiger partial charge in [0.15, 0.2) is 0 Å². The minimum atomic E-state index is 0.411. The summed E-state index contributed by atoms with van der Waals surface area (Å²) < 4.78 is 7.59. The molecule has 1 aromatic heterocycles. The summed E-state index contributed by atoms with van der Waals surface area (Å²) in [6.07, 6.45) is 1.08. The zero-order valence-corrected chi connectivity index (χ0v) is 16.1. The summed E-state index contributed by atoms with van der Waals surface area (Å²) in [6, 6.07) is 8.94. The van der Waals surface area contributed by atoms with Crippen molar-refractivity contribution in [3.63, 3.8) is 0 Å². The van der Waals surface area contributed by atoms with Crippen LogP contribution in [0.15, 0.2) is 38.6 Å². The first kappa shape index (κ1) is 17.0. The highest BCUT2D eigenvalue weighted by molar-refractivity contribution is 9.11. The van der Waals surface area contributed by atoms with Gasteiger partial charge in [0.1, 0.15) is 5.75 Å². The molecular weight excluding hydrogens is 414 g/mol. The third kappa shape index (κ3) is 4.55. The smallest absolute Gasteiger partial charge is 0.147 e. The standard InChI is InChI=1S/C16H19Br2NOS/c1-3-14(15-6-5-7-21-15)19-10-11-8-12(17)16(20-4-2)13(18)9-11/h5-9,14,19H,3-4,10H2,1-2H3. The van der Waals surface area contributed by atoms with E-state index in [1.807, 2.05) is 6.92 Å².